The number of ketones is 6. The van der Waals surface area contributed by atoms with Crippen molar-refractivity contribution >= 4 is 34.7 Å². The Bertz CT molecular complexity index is 540. The molecule has 0 aromatic rings. The molecule has 0 spiro atoms. The summed E-state index contributed by atoms with van der Waals surface area (Å²) < 4.78 is 0. The molecule has 0 aromatic heterocycles. The van der Waals surface area contributed by atoms with Crippen molar-refractivity contribution in [2.75, 3.05) is 59.3 Å². The minimum Gasteiger partial charge on any atom is -0.299 e. The average molecular weight is 441 g/mol. The van der Waals surface area contributed by atoms with E-state index in [9.17, 15) is 28.8 Å². The van der Waals surface area contributed by atoms with Crippen molar-refractivity contribution in [3.05, 3.63) is 0 Å². The number of carbonyl (C=O) groups is 6. The van der Waals surface area contributed by atoms with Gasteiger partial charge in [-0.2, -0.15) is 0 Å². The fraction of sp³-hybridized carbons (Fsp3) is 0.714. The van der Waals surface area contributed by atoms with E-state index >= 15 is 0 Å². The molecule has 0 unspecified atom stereocenters. The molecule has 31 heavy (non-hydrogen) atoms. The molecule has 0 aromatic carbocycles. The number of rotatable bonds is 18. The highest BCUT2D eigenvalue weighted by atomic mass is 16.1. The third kappa shape index (κ3) is 16.3. The molecule has 0 aliphatic heterocycles. The van der Waals surface area contributed by atoms with E-state index in [0.29, 0.717) is 0 Å². The molecule has 0 bridgehead atoms. The van der Waals surface area contributed by atoms with Gasteiger partial charge in [0.25, 0.3) is 0 Å². The maximum absolute atomic E-state index is 11.7. The van der Waals surface area contributed by atoms with Crippen LogP contribution in [0.1, 0.15) is 41.5 Å². The normalized spacial score (nSPS) is 11.4. The summed E-state index contributed by atoms with van der Waals surface area (Å²) in [6.07, 6.45) is 0. The Labute approximate surface area is 184 Å². The SMILES string of the molecule is CC(=O)CN(CC(C)=O)CN(CN(CC(C)=O)CC(C)=O)CN(CC(C)=O)CC(C)=O. The maximum Gasteiger partial charge on any atom is 0.143 e. The van der Waals surface area contributed by atoms with Crippen LogP contribution in [-0.4, -0.2) is 114 Å². The third-order valence-electron chi connectivity index (χ3n) is 3.88. The zero-order valence-corrected chi connectivity index (χ0v) is 19.6. The van der Waals surface area contributed by atoms with Crippen LogP contribution in [0.25, 0.3) is 0 Å². The Morgan fingerprint density at radius 3 is 0.645 bits per heavy atom. The monoisotopic (exact) mass is 440 g/mol. The van der Waals surface area contributed by atoms with Crippen LogP contribution in [0, 0.1) is 0 Å². The fourth-order valence-corrected chi connectivity index (χ4v) is 3.34. The molecule has 10 heteroatoms. The molecule has 0 rings (SSSR count). The molecule has 10 nitrogen and oxygen atoms in total. The Morgan fingerprint density at radius 2 is 0.516 bits per heavy atom. The molecule has 0 atom stereocenters. The molecule has 176 valence electrons. The Balaban J connectivity index is 5.74. The molecule has 0 amide bonds. The first-order valence-electron chi connectivity index (χ1n) is 10.1. The first kappa shape index (κ1) is 28.9. The van der Waals surface area contributed by atoms with Gasteiger partial charge in [0, 0.05) is 0 Å². The molecular weight excluding hydrogens is 404 g/mol. The Morgan fingerprint density at radius 1 is 0.355 bits per heavy atom. The van der Waals surface area contributed by atoms with Crippen LogP contribution in [0.3, 0.4) is 0 Å². The predicted molar refractivity (Wildman–Crippen MR) is 115 cm³/mol. The molecule has 0 aliphatic rings. The Hall–Kier alpha value is -2.14. The zero-order valence-electron chi connectivity index (χ0n) is 19.6. The lowest BCUT2D eigenvalue weighted by Crippen LogP contribution is -2.52. The number of carbonyl (C=O) groups excluding carboxylic acids is 6. The fourth-order valence-electron chi connectivity index (χ4n) is 3.34. The van der Waals surface area contributed by atoms with Gasteiger partial charge in [0.2, 0.25) is 0 Å². The van der Waals surface area contributed by atoms with Crippen molar-refractivity contribution in [2.24, 2.45) is 0 Å². The van der Waals surface area contributed by atoms with E-state index in [-0.39, 0.29) is 94.0 Å². The second-order valence-electron chi connectivity index (χ2n) is 8.27. The summed E-state index contributed by atoms with van der Waals surface area (Å²) in [5, 5.41) is 0. The van der Waals surface area contributed by atoms with Crippen LogP contribution >= 0.6 is 0 Å². The number of nitrogens with zero attached hydrogens (tertiary/aromatic N) is 4. The average Bonchev–Trinajstić information content (AvgIpc) is 2.50. The van der Waals surface area contributed by atoms with E-state index in [4.69, 9.17) is 0 Å². The Kier molecular flexibility index (Phi) is 13.8. The van der Waals surface area contributed by atoms with Gasteiger partial charge in [-0.1, -0.05) is 0 Å². The third-order valence-corrected chi connectivity index (χ3v) is 3.88. The summed E-state index contributed by atoms with van der Waals surface area (Å²) in [5.41, 5.74) is 0. The van der Waals surface area contributed by atoms with E-state index in [1.165, 1.54) is 41.5 Å². The van der Waals surface area contributed by atoms with Crippen LogP contribution in [0.4, 0.5) is 0 Å². The summed E-state index contributed by atoms with van der Waals surface area (Å²) in [6.45, 7) is 9.38. The van der Waals surface area contributed by atoms with Crippen LogP contribution in [-0.2, 0) is 28.8 Å². The van der Waals surface area contributed by atoms with Gasteiger partial charge in [0.1, 0.15) is 34.7 Å². The first-order valence-corrected chi connectivity index (χ1v) is 10.1. The lowest BCUT2D eigenvalue weighted by atomic mass is 10.3. The highest BCUT2D eigenvalue weighted by Gasteiger charge is 2.22. The van der Waals surface area contributed by atoms with E-state index < -0.39 is 0 Å². The van der Waals surface area contributed by atoms with Crippen molar-refractivity contribution < 1.29 is 28.8 Å². The molecule has 0 aliphatic carbocycles. The summed E-state index contributed by atoms with van der Waals surface area (Å²) in [5.74, 6) is -0.695. The molecule has 0 saturated carbocycles. The molecule has 0 radical (unpaired) electrons. The van der Waals surface area contributed by atoms with Crippen molar-refractivity contribution in [3.8, 4) is 0 Å². The van der Waals surface area contributed by atoms with E-state index in [1.807, 2.05) is 4.90 Å². The largest absolute Gasteiger partial charge is 0.299 e. The summed E-state index contributed by atoms with van der Waals surface area (Å²) in [4.78, 5) is 76.8. The molecule has 0 N–H and O–H groups in total. The number of Topliss-reactive ketones (excluding diaryl/α,β-unsaturated/α-hetero) is 6. The van der Waals surface area contributed by atoms with E-state index in [2.05, 4.69) is 0 Å². The minimum absolute atomic E-state index is 0.0505. The van der Waals surface area contributed by atoms with Gasteiger partial charge in [-0.25, -0.2) is 0 Å². The van der Waals surface area contributed by atoms with E-state index in [1.54, 1.807) is 14.7 Å². The smallest absolute Gasteiger partial charge is 0.143 e. The van der Waals surface area contributed by atoms with Gasteiger partial charge < -0.3 is 0 Å². The summed E-state index contributed by atoms with van der Waals surface area (Å²) in [6, 6.07) is 0. The molecule has 0 fully saturated rings. The summed E-state index contributed by atoms with van der Waals surface area (Å²) in [7, 11) is 0. The van der Waals surface area contributed by atoms with Gasteiger partial charge in [0.05, 0.1) is 59.3 Å². The lowest BCUT2D eigenvalue weighted by Gasteiger charge is -2.36. The minimum atomic E-state index is -0.116. The zero-order chi connectivity index (χ0) is 24.1. The van der Waals surface area contributed by atoms with Gasteiger partial charge in [-0.3, -0.25) is 48.4 Å². The second kappa shape index (κ2) is 14.8. The molecular formula is C21H36N4O6. The van der Waals surface area contributed by atoms with Crippen LogP contribution in [0.15, 0.2) is 0 Å². The van der Waals surface area contributed by atoms with Gasteiger partial charge in [0.15, 0.2) is 0 Å². The standard InChI is InChI=1S/C21H36N4O6/c1-16(26)7-22(8-17(2)27)13-25(14-23(9-18(3)28)10-19(4)29)15-24(11-20(5)30)12-21(6)31/h7-15H2,1-6H3. The summed E-state index contributed by atoms with van der Waals surface area (Å²) >= 11 is 0. The number of hydrogen-bond acceptors (Lipinski definition) is 10. The molecule has 0 saturated heterocycles. The van der Waals surface area contributed by atoms with Crippen molar-refractivity contribution in [1.29, 1.82) is 0 Å². The van der Waals surface area contributed by atoms with Crippen molar-refractivity contribution in [1.82, 2.24) is 19.6 Å². The molecule has 0 heterocycles. The maximum atomic E-state index is 11.7. The highest BCUT2D eigenvalue weighted by molar-refractivity contribution is 5.82. The first-order chi connectivity index (χ1) is 14.3. The highest BCUT2D eigenvalue weighted by Crippen LogP contribution is 2.04. The topological polar surface area (TPSA) is 115 Å². The van der Waals surface area contributed by atoms with Gasteiger partial charge >= 0.3 is 0 Å². The van der Waals surface area contributed by atoms with Crippen LogP contribution < -0.4 is 0 Å². The quantitative estimate of drug-likeness (QED) is 0.261. The van der Waals surface area contributed by atoms with Crippen molar-refractivity contribution in [2.45, 2.75) is 41.5 Å². The van der Waals surface area contributed by atoms with Gasteiger partial charge in [-0.15, -0.1) is 0 Å². The van der Waals surface area contributed by atoms with E-state index in [0.717, 1.165) is 0 Å². The van der Waals surface area contributed by atoms with Gasteiger partial charge in [-0.05, 0) is 41.5 Å². The van der Waals surface area contributed by atoms with Crippen LogP contribution in [0.5, 0.6) is 0 Å². The number of hydrogen-bond donors (Lipinski definition) is 0. The predicted octanol–water partition coefficient (Wildman–Crippen LogP) is -0.399. The van der Waals surface area contributed by atoms with Crippen LogP contribution in [0.2, 0.25) is 0 Å². The second-order valence-corrected chi connectivity index (χ2v) is 8.27. The lowest BCUT2D eigenvalue weighted by molar-refractivity contribution is -0.122. The van der Waals surface area contributed by atoms with Crippen molar-refractivity contribution in [3.63, 3.8) is 0 Å².